The number of nitrogens with one attached hydrogen (secondary N) is 1. The zero-order valence-electron chi connectivity index (χ0n) is 12.3. The molecule has 0 atom stereocenters. The fourth-order valence-electron chi connectivity index (χ4n) is 1.65. The van der Waals surface area contributed by atoms with Gasteiger partial charge in [0.2, 0.25) is 0 Å². The van der Waals surface area contributed by atoms with Crippen molar-refractivity contribution in [1.82, 2.24) is 5.16 Å². The molecule has 7 nitrogen and oxygen atoms in total. The topological polar surface area (TPSA) is 90.7 Å². The molecule has 22 heavy (non-hydrogen) atoms. The van der Waals surface area contributed by atoms with Gasteiger partial charge >= 0.3 is 5.97 Å². The minimum Gasteiger partial charge on any atom is -0.484 e. The van der Waals surface area contributed by atoms with Crippen LogP contribution in [0.5, 0.6) is 5.75 Å². The molecule has 1 heterocycles. The summed E-state index contributed by atoms with van der Waals surface area (Å²) in [6.07, 6.45) is 0. The van der Waals surface area contributed by atoms with Gasteiger partial charge in [0, 0.05) is 6.07 Å². The molecular weight excluding hydrogens is 288 g/mol. The molecule has 116 valence electrons. The Morgan fingerprint density at radius 2 is 2.00 bits per heavy atom. The zero-order valence-corrected chi connectivity index (χ0v) is 12.3. The van der Waals surface area contributed by atoms with E-state index in [1.54, 1.807) is 44.2 Å². The molecule has 2 aromatic rings. The van der Waals surface area contributed by atoms with Gasteiger partial charge in [0.05, 0.1) is 12.2 Å². The summed E-state index contributed by atoms with van der Waals surface area (Å²) in [6, 6.07) is 7.95. The average molecular weight is 304 g/mol. The molecule has 0 saturated heterocycles. The molecule has 1 N–H and O–H groups in total. The largest absolute Gasteiger partial charge is 0.484 e. The number of ether oxygens (including phenoxy) is 2. The number of nitrogens with zero attached hydrogens (tertiary/aromatic N) is 1. The Bertz CT molecular complexity index is 648. The fraction of sp³-hybridized carbons (Fsp3) is 0.267. The summed E-state index contributed by atoms with van der Waals surface area (Å²) in [7, 11) is 0. The molecule has 0 fully saturated rings. The van der Waals surface area contributed by atoms with Crippen molar-refractivity contribution in [3.63, 3.8) is 0 Å². The number of carbonyl (C=O) groups excluding carboxylic acids is 2. The second-order valence-corrected chi connectivity index (χ2v) is 4.40. The molecule has 1 aromatic carbocycles. The summed E-state index contributed by atoms with van der Waals surface area (Å²) in [4.78, 5) is 23.1. The van der Waals surface area contributed by atoms with E-state index >= 15 is 0 Å². The molecule has 0 aliphatic carbocycles. The van der Waals surface area contributed by atoms with Gasteiger partial charge in [-0.05, 0) is 38.1 Å². The van der Waals surface area contributed by atoms with Crippen LogP contribution < -0.4 is 10.1 Å². The Balaban J connectivity index is 1.83. The Morgan fingerprint density at radius 1 is 1.27 bits per heavy atom. The van der Waals surface area contributed by atoms with Crippen LogP contribution in [0.15, 0.2) is 34.9 Å². The van der Waals surface area contributed by atoms with Crippen LogP contribution in [0.1, 0.15) is 23.0 Å². The molecule has 0 radical (unpaired) electrons. The summed E-state index contributed by atoms with van der Waals surface area (Å²) in [5.41, 5.74) is 0.428. The second-order valence-electron chi connectivity index (χ2n) is 4.40. The summed E-state index contributed by atoms with van der Waals surface area (Å²) in [6.45, 7) is 3.61. The maximum Gasteiger partial charge on any atom is 0.338 e. The third-order valence-electron chi connectivity index (χ3n) is 2.63. The summed E-state index contributed by atoms with van der Waals surface area (Å²) >= 11 is 0. The van der Waals surface area contributed by atoms with Crippen LogP contribution in [0.25, 0.3) is 0 Å². The Hall–Kier alpha value is -2.83. The predicted molar refractivity (Wildman–Crippen MR) is 77.8 cm³/mol. The number of benzene rings is 1. The van der Waals surface area contributed by atoms with E-state index < -0.39 is 5.97 Å². The number of anilines is 1. The third-order valence-corrected chi connectivity index (χ3v) is 2.63. The number of aryl methyl sites for hydroxylation is 1. The lowest BCUT2D eigenvalue weighted by molar-refractivity contribution is -0.118. The van der Waals surface area contributed by atoms with Crippen molar-refractivity contribution in [2.24, 2.45) is 0 Å². The Kier molecular flexibility index (Phi) is 5.13. The van der Waals surface area contributed by atoms with Crippen molar-refractivity contribution in [2.45, 2.75) is 13.8 Å². The van der Waals surface area contributed by atoms with Crippen LogP contribution in [-0.4, -0.2) is 30.2 Å². The number of aromatic nitrogens is 1. The fourth-order valence-corrected chi connectivity index (χ4v) is 1.65. The summed E-state index contributed by atoms with van der Waals surface area (Å²) in [5, 5.41) is 6.18. The molecule has 7 heteroatoms. The SMILES string of the molecule is CCOC(=O)c1ccc(OCC(=O)Nc2cc(C)on2)cc1. The first-order valence-corrected chi connectivity index (χ1v) is 6.71. The highest BCUT2D eigenvalue weighted by Crippen LogP contribution is 2.13. The Labute approximate surface area is 127 Å². The molecule has 1 amide bonds. The van der Waals surface area contributed by atoms with Gasteiger partial charge < -0.3 is 19.3 Å². The molecular formula is C15H16N2O5. The highest BCUT2D eigenvalue weighted by atomic mass is 16.5. The van der Waals surface area contributed by atoms with Crippen molar-refractivity contribution in [1.29, 1.82) is 0 Å². The number of hydrogen-bond acceptors (Lipinski definition) is 6. The van der Waals surface area contributed by atoms with E-state index in [1.165, 1.54) is 0 Å². The van der Waals surface area contributed by atoms with Gasteiger partial charge in [-0.25, -0.2) is 4.79 Å². The van der Waals surface area contributed by atoms with Crippen LogP contribution >= 0.6 is 0 Å². The molecule has 0 spiro atoms. The zero-order chi connectivity index (χ0) is 15.9. The third kappa shape index (κ3) is 4.34. The van der Waals surface area contributed by atoms with Gasteiger partial charge in [0.1, 0.15) is 11.5 Å². The van der Waals surface area contributed by atoms with Crippen molar-refractivity contribution >= 4 is 17.7 Å². The molecule has 1 aromatic heterocycles. The Morgan fingerprint density at radius 3 is 2.59 bits per heavy atom. The first-order valence-electron chi connectivity index (χ1n) is 6.71. The monoisotopic (exact) mass is 304 g/mol. The van der Waals surface area contributed by atoms with Crippen LogP contribution in [0, 0.1) is 6.92 Å². The quantitative estimate of drug-likeness (QED) is 0.823. The number of esters is 1. The van der Waals surface area contributed by atoms with E-state index in [9.17, 15) is 9.59 Å². The van der Waals surface area contributed by atoms with Crippen LogP contribution in [0.4, 0.5) is 5.82 Å². The first-order chi connectivity index (χ1) is 10.6. The van der Waals surface area contributed by atoms with E-state index in [0.29, 0.717) is 29.5 Å². The maximum absolute atomic E-state index is 11.7. The smallest absolute Gasteiger partial charge is 0.338 e. The van der Waals surface area contributed by atoms with Crippen molar-refractivity contribution in [2.75, 3.05) is 18.5 Å². The molecule has 0 unspecified atom stereocenters. The highest BCUT2D eigenvalue weighted by Gasteiger charge is 2.09. The second kappa shape index (κ2) is 7.26. The van der Waals surface area contributed by atoms with Crippen LogP contribution in [-0.2, 0) is 9.53 Å². The first kappa shape index (κ1) is 15.6. The number of carbonyl (C=O) groups is 2. The minimum atomic E-state index is -0.395. The van der Waals surface area contributed by atoms with Gasteiger partial charge in [-0.15, -0.1) is 0 Å². The minimum absolute atomic E-state index is 0.176. The molecule has 2 rings (SSSR count). The van der Waals surface area contributed by atoms with Crippen molar-refractivity contribution < 1.29 is 23.6 Å². The van der Waals surface area contributed by atoms with E-state index in [-0.39, 0.29) is 12.5 Å². The van der Waals surface area contributed by atoms with Crippen LogP contribution in [0.3, 0.4) is 0 Å². The van der Waals surface area contributed by atoms with Gasteiger partial charge in [0.25, 0.3) is 5.91 Å². The standard InChI is InChI=1S/C15H16N2O5/c1-3-20-15(19)11-4-6-12(7-5-11)21-9-14(18)16-13-8-10(2)22-17-13/h4-8H,3,9H2,1-2H3,(H,16,17,18). The van der Waals surface area contributed by atoms with E-state index in [4.69, 9.17) is 14.0 Å². The molecule has 0 aliphatic rings. The van der Waals surface area contributed by atoms with E-state index in [0.717, 1.165) is 0 Å². The number of hydrogen-bond donors (Lipinski definition) is 1. The molecule has 0 saturated carbocycles. The number of rotatable bonds is 6. The average Bonchev–Trinajstić information content (AvgIpc) is 2.91. The molecule has 0 bridgehead atoms. The van der Waals surface area contributed by atoms with Gasteiger partial charge in [-0.3, -0.25) is 4.79 Å². The van der Waals surface area contributed by atoms with Gasteiger partial charge in [0.15, 0.2) is 12.4 Å². The predicted octanol–water partition coefficient (Wildman–Crippen LogP) is 2.18. The van der Waals surface area contributed by atoms with Gasteiger partial charge in [-0.1, -0.05) is 5.16 Å². The lowest BCUT2D eigenvalue weighted by Gasteiger charge is -2.06. The van der Waals surface area contributed by atoms with E-state index in [1.807, 2.05) is 0 Å². The van der Waals surface area contributed by atoms with Gasteiger partial charge in [-0.2, -0.15) is 0 Å². The van der Waals surface area contributed by atoms with E-state index in [2.05, 4.69) is 10.5 Å². The normalized spacial score (nSPS) is 10.1. The van der Waals surface area contributed by atoms with Crippen molar-refractivity contribution in [3.05, 3.63) is 41.7 Å². The number of amides is 1. The summed E-state index contributed by atoms with van der Waals surface area (Å²) in [5.74, 6) is 0.657. The lowest BCUT2D eigenvalue weighted by atomic mass is 10.2. The summed E-state index contributed by atoms with van der Waals surface area (Å²) < 4.78 is 15.0. The lowest BCUT2D eigenvalue weighted by Crippen LogP contribution is -2.20. The van der Waals surface area contributed by atoms with Crippen LogP contribution in [0.2, 0.25) is 0 Å². The molecule has 0 aliphatic heterocycles. The maximum atomic E-state index is 11.7. The highest BCUT2D eigenvalue weighted by molar-refractivity contribution is 5.91. The van der Waals surface area contributed by atoms with Crippen molar-refractivity contribution in [3.8, 4) is 5.75 Å².